The number of carbonyl (C=O) groups is 1. The maximum absolute atomic E-state index is 11.6. The van der Waals surface area contributed by atoms with Crippen LogP contribution in [0.3, 0.4) is 0 Å². The highest BCUT2D eigenvalue weighted by atomic mass is 16.5. The van der Waals surface area contributed by atoms with Crippen LogP contribution in [0, 0.1) is 0 Å². The van der Waals surface area contributed by atoms with Gasteiger partial charge in [0.1, 0.15) is 12.7 Å². The quantitative estimate of drug-likeness (QED) is 0.630. The maximum atomic E-state index is 11.6. The highest BCUT2D eigenvalue weighted by Crippen LogP contribution is 2.15. The number of rotatable bonds is 6. The minimum atomic E-state index is -0.332. The van der Waals surface area contributed by atoms with Crippen LogP contribution in [0.1, 0.15) is 16.8 Å². The van der Waals surface area contributed by atoms with Crippen LogP contribution in [0.4, 0.5) is 5.69 Å². The summed E-state index contributed by atoms with van der Waals surface area (Å²) in [4.78, 5) is 11.6. The van der Waals surface area contributed by atoms with Crippen molar-refractivity contribution in [3.63, 3.8) is 0 Å². The molecule has 1 N–H and O–H groups in total. The van der Waals surface area contributed by atoms with E-state index in [1.165, 1.54) is 7.11 Å². The van der Waals surface area contributed by atoms with Crippen molar-refractivity contribution in [2.45, 2.75) is 13.0 Å². The molecular weight excluding hydrogens is 244 g/mol. The summed E-state index contributed by atoms with van der Waals surface area (Å²) < 4.78 is 6.65. The van der Waals surface area contributed by atoms with Crippen LogP contribution < -0.4 is 5.32 Å². The molecule has 0 fully saturated rings. The van der Waals surface area contributed by atoms with Crippen molar-refractivity contribution in [1.82, 2.24) is 14.8 Å². The van der Waals surface area contributed by atoms with Crippen LogP contribution in [0.5, 0.6) is 0 Å². The number of carbonyl (C=O) groups excluding carboxylic acids is 1. The standard InChI is InChI=1S/C13H16N4O2/c1-19-13(18)11-5-2-3-6-12(11)14-7-4-8-17-9-15-16-10-17/h2-3,5-6,9-10,14H,4,7-8H2,1H3. The molecule has 1 aromatic carbocycles. The number of hydrogen-bond donors (Lipinski definition) is 1. The molecule has 0 bridgehead atoms. The summed E-state index contributed by atoms with van der Waals surface area (Å²) >= 11 is 0. The fraction of sp³-hybridized carbons (Fsp3) is 0.308. The van der Waals surface area contributed by atoms with Crippen LogP contribution >= 0.6 is 0 Å². The van der Waals surface area contributed by atoms with Gasteiger partial charge in [0.05, 0.1) is 12.7 Å². The van der Waals surface area contributed by atoms with E-state index in [2.05, 4.69) is 15.5 Å². The summed E-state index contributed by atoms with van der Waals surface area (Å²) in [5, 5.41) is 10.7. The SMILES string of the molecule is COC(=O)c1ccccc1NCCCn1cnnc1. The van der Waals surface area contributed by atoms with Crippen molar-refractivity contribution in [3.8, 4) is 0 Å². The molecule has 0 spiro atoms. The number of benzene rings is 1. The Morgan fingerprint density at radius 1 is 1.32 bits per heavy atom. The van der Waals surface area contributed by atoms with Crippen LogP contribution in [0.2, 0.25) is 0 Å². The fourth-order valence-corrected chi connectivity index (χ4v) is 1.75. The molecule has 0 amide bonds. The van der Waals surface area contributed by atoms with Gasteiger partial charge in [-0.25, -0.2) is 4.79 Å². The average molecular weight is 260 g/mol. The van der Waals surface area contributed by atoms with E-state index in [1.807, 2.05) is 22.8 Å². The second kappa shape index (κ2) is 6.53. The predicted molar refractivity (Wildman–Crippen MR) is 70.9 cm³/mol. The summed E-state index contributed by atoms with van der Waals surface area (Å²) in [6, 6.07) is 7.31. The van der Waals surface area contributed by atoms with Crippen molar-refractivity contribution >= 4 is 11.7 Å². The Balaban J connectivity index is 1.87. The van der Waals surface area contributed by atoms with Gasteiger partial charge >= 0.3 is 5.97 Å². The average Bonchev–Trinajstić information content (AvgIpc) is 2.96. The molecule has 6 nitrogen and oxygen atoms in total. The van der Waals surface area contributed by atoms with Gasteiger partial charge in [0.25, 0.3) is 0 Å². The van der Waals surface area contributed by atoms with Crippen LogP contribution in [0.25, 0.3) is 0 Å². The first kappa shape index (κ1) is 13.1. The van der Waals surface area contributed by atoms with Gasteiger partial charge in [0, 0.05) is 18.8 Å². The molecule has 0 radical (unpaired) electrons. The Hall–Kier alpha value is -2.37. The minimum absolute atomic E-state index is 0.332. The van der Waals surface area contributed by atoms with Gasteiger partial charge in [-0.2, -0.15) is 0 Å². The van der Waals surface area contributed by atoms with Crippen molar-refractivity contribution < 1.29 is 9.53 Å². The molecule has 0 aliphatic heterocycles. The molecule has 0 saturated heterocycles. The van der Waals surface area contributed by atoms with Crippen LogP contribution in [0.15, 0.2) is 36.9 Å². The van der Waals surface area contributed by atoms with Gasteiger partial charge in [-0.3, -0.25) is 0 Å². The second-order valence-electron chi connectivity index (χ2n) is 4.02. The number of hydrogen-bond acceptors (Lipinski definition) is 5. The minimum Gasteiger partial charge on any atom is -0.465 e. The Morgan fingerprint density at radius 2 is 2.05 bits per heavy atom. The molecule has 2 rings (SSSR count). The Morgan fingerprint density at radius 3 is 2.79 bits per heavy atom. The largest absolute Gasteiger partial charge is 0.465 e. The normalized spacial score (nSPS) is 10.2. The van der Waals surface area contributed by atoms with E-state index >= 15 is 0 Å². The van der Waals surface area contributed by atoms with Gasteiger partial charge in [-0.05, 0) is 18.6 Å². The zero-order valence-electron chi connectivity index (χ0n) is 10.7. The van der Waals surface area contributed by atoms with Crippen molar-refractivity contribution in [2.75, 3.05) is 19.0 Å². The molecule has 0 aliphatic rings. The molecule has 100 valence electrons. The van der Waals surface area contributed by atoms with E-state index in [0.29, 0.717) is 5.56 Å². The number of aromatic nitrogens is 3. The van der Waals surface area contributed by atoms with Crippen LogP contribution in [-0.2, 0) is 11.3 Å². The molecule has 0 atom stereocenters. The van der Waals surface area contributed by atoms with E-state index in [9.17, 15) is 4.79 Å². The molecule has 2 aromatic rings. The lowest BCUT2D eigenvalue weighted by atomic mass is 10.2. The number of esters is 1. The lowest BCUT2D eigenvalue weighted by molar-refractivity contribution is 0.0602. The number of nitrogens with one attached hydrogen (secondary N) is 1. The summed E-state index contributed by atoms with van der Waals surface area (Å²) in [5.74, 6) is -0.332. The number of nitrogens with zero attached hydrogens (tertiary/aromatic N) is 3. The molecule has 0 aliphatic carbocycles. The smallest absolute Gasteiger partial charge is 0.339 e. The predicted octanol–water partition coefficient (Wildman–Crippen LogP) is 1.57. The van der Waals surface area contributed by atoms with Gasteiger partial charge in [0.15, 0.2) is 0 Å². The zero-order valence-corrected chi connectivity index (χ0v) is 10.7. The highest BCUT2D eigenvalue weighted by Gasteiger charge is 2.09. The topological polar surface area (TPSA) is 69.0 Å². The zero-order chi connectivity index (χ0) is 13.5. The molecular formula is C13H16N4O2. The monoisotopic (exact) mass is 260 g/mol. The number of ether oxygens (including phenoxy) is 1. The summed E-state index contributed by atoms with van der Waals surface area (Å²) in [6.07, 6.45) is 4.28. The molecule has 1 aromatic heterocycles. The van der Waals surface area contributed by atoms with Gasteiger partial charge in [0.2, 0.25) is 0 Å². The van der Waals surface area contributed by atoms with E-state index < -0.39 is 0 Å². The Bertz CT molecular complexity index is 525. The molecule has 6 heteroatoms. The van der Waals surface area contributed by atoms with E-state index in [1.54, 1.807) is 18.7 Å². The van der Waals surface area contributed by atoms with Crippen molar-refractivity contribution in [3.05, 3.63) is 42.5 Å². The van der Waals surface area contributed by atoms with E-state index in [-0.39, 0.29) is 5.97 Å². The van der Waals surface area contributed by atoms with E-state index in [0.717, 1.165) is 25.2 Å². The van der Waals surface area contributed by atoms with Crippen molar-refractivity contribution in [1.29, 1.82) is 0 Å². The number of aryl methyl sites for hydroxylation is 1. The number of para-hydroxylation sites is 1. The molecule has 1 heterocycles. The van der Waals surface area contributed by atoms with Crippen molar-refractivity contribution in [2.24, 2.45) is 0 Å². The highest BCUT2D eigenvalue weighted by molar-refractivity contribution is 5.95. The van der Waals surface area contributed by atoms with Gasteiger partial charge in [-0.1, -0.05) is 12.1 Å². The second-order valence-corrected chi connectivity index (χ2v) is 4.02. The summed E-state index contributed by atoms with van der Waals surface area (Å²) in [7, 11) is 1.38. The van der Waals surface area contributed by atoms with Gasteiger partial charge < -0.3 is 14.6 Å². The number of anilines is 1. The Kier molecular flexibility index (Phi) is 4.49. The molecule has 0 unspecified atom stereocenters. The lowest BCUT2D eigenvalue weighted by Crippen LogP contribution is -2.10. The summed E-state index contributed by atoms with van der Waals surface area (Å²) in [5.41, 5.74) is 1.34. The van der Waals surface area contributed by atoms with E-state index in [4.69, 9.17) is 4.74 Å². The molecule has 0 saturated carbocycles. The third kappa shape index (κ3) is 3.54. The first-order valence-corrected chi connectivity index (χ1v) is 6.05. The Labute approximate surface area is 111 Å². The maximum Gasteiger partial charge on any atom is 0.339 e. The lowest BCUT2D eigenvalue weighted by Gasteiger charge is -2.10. The van der Waals surface area contributed by atoms with Gasteiger partial charge in [-0.15, -0.1) is 10.2 Å². The number of methoxy groups -OCH3 is 1. The third-order valence-corrected chi connectivity index (χ3v) is 2.71. The first-order valence-electron chi connectivity index (χ1n) is 6.05. The summed E-state index contributed by atoms with van der Waals surface area (Å²) in [6.45, 7) is 1.59. The third-order valence-electron chi connectivity index (χ3n) is 2.71. The molecule has 19 heavy (non-hydrogen) atoms. The first-order chi connectivity index (χ1) is 9.31. The van der Waals surface area contributed by atoms with Crippen LogP contribution in [-0.4, -0.2) is 34.4 Å². The fourth-order valence-electron chi connectivity index (χ4n) is 1.75.